The van der Waals surface area contributed by atoms with E-state index < -0.39 is 0 Å². The molecule has 2 aromatic rings. The van der Waals surface area contributed by atoms with Crippen LogP contribution in [0.4, 0.5) is 0 Å². The van der Waals surface area contributed by atoms with E-state index in [9.17, 15) is 4.79 Å². The van der Waals surface area contributed by atoms with Crippen LogP contribution < -0.4 is 4.74 Å². The van der Waals surface area contributed by atoms with Crippen molar-refractivity contribution in [1.29, 1.82) is 0 Å². The normalized spacial score (nSPS) is 15.1. The van der Waals surface area contributed by atoms with Gasteiger partial charge in [0.05, 0.1) is 23.4 Å². The maximum Gasteiger partial charge on any atom is 0.192 e. The number of carbonyl (C=O) groups excluding carboxylic acids is 1. The smallest absolute Gasteiger partial charge is 0.192 e. The highest BCUT2D eigenvalue weighted by Gasteiger charge is 2.23. The molecule has 0 N–H and O–H groups in total. The molecule has 0 saturated heterocycles. The van der Waals surface area contributed by atoms with E-state index in [0.29, 0.717) is 16.3 Å². The van der Waals surface area contributed by atoms with Crippen LogP contribution in [0.15, 0.2) is 65.0 Å². The minimum absolute atomic E-state index is 0.110. The Kier molecular flexibility index (Phi) is 6.64. The van der Waals surface area contributed by atoms with Crippen LogP contribution in [0.1, 0.15) is 35.7 Å². The maximum atomic E-state index is 12.9. The van der Waals surface area contributed by atoms with Crippen LogP contribution in [0.2, 0.25) is 5.02 Å². The molecule has 0 unspecified atom stereocenters. The molecule has 3 rings (SSSR count). The first-order chi connectivity index (χ1) is 13.1. The van der Waals surface area contributed by atoms with Gasteiger partial charge in [-0.3, -0.25) is 4.79 Å². The molecule has 0 aliphatic carbocycles. The monoisotopic (exact) mass is 399 g/mol. The summed E-state index contributed by atoms with van der Waals surface area (Å²) in [4.78, 5) is 15.1. The Bertz CT molecular complexity index is 877. The second-order valence-corrected chi connectivity index (χ2v) is 7.51. The van der Waals surface area contributed by atoms with E-state index in [-0.39, 0.29) is 5.78 Å². The van der Waals surface area contributed by atoms with Crippen LogP contribution in [-0.2, 0) is 0 Å². The Morgan fingerprint density at radius 3 is 2.70 bits per heavy atom. The Morgan fingerprint density at radius 1 is 1.22 bits per heavy atom. The summed E-state index contributed by atoms with van der Waals surface area (Å²) in [5.74, 6) is 0.418. The van der Waals surface area contributed by atoms with Crippen molar-refractivity contribution in [2.45, 2.75) is 19.8 Å². The van der Waals surface area contributed by atoms with Gasteiger partial charge in [0.15, 0.2) is 5.78 Å². The number of hydrogen-bond acceptors (Lipinski definition) is 4. The molecule has 3 nitrogen and oxygen atoms in total. The molecule has 140 valence electrons. The predicted molar refractivity (Wildman–Crippen MR) is 114 cm³/mol. The lowest BCUT2D eigenvalue weighted by Gasteiger charge is -2.23. The second kappa shape index (κ2) is 9.16. The first kappa shape index (κ1) is 19.6. The lowest BCUT2D eigenvalue weighted by atomic mass is 10.1. The molecule has 5 heteroatoms. The summed E-state index contributed by atoms with van der Waals surface area (Å²) >= 11 is 7.66. The SMILES string of the molecule is CCCCN1C(=CC(=O)c2cc(Cl)ccc2OC)SC=C1c1ccccc1. The Morgan fingerprint density at radius 2 is 2.00 bits per heavy atom. The number of unbranched alkanes of at least 4 members (excludes halogenated alkanes) is 1. The molecule has 0 spiro atoms. The molecule has 0 bridgehead atoms. The molecule has 0 atom stereocenters. The van der Waals surface area contributed by atoms with E-state index >= 15 is 0 Å². The van der Waals surface area contributed by atoms with Crippen molar-refractivity contribution in [3.8, 4) is 5.75 Å². The molecule has 0 fully saturated rings. The zero-order chi connectivity index (χ0) is 19.2. The van der Waals surface area contributed by atoms with Crippen molar-refractivity contribution in [3.63, 3.8) is 0 Å². The molecular weight excluding hydrogens is 378 g/mol. The summed E-state index contributed by atoms with van der Waals surface area (Å²) < 4.78 is 5.33. The number of ketones is 1. The number of ether oxygens (including phenoxy) is 1. The minimum atomic E-state index is -0.110. The summed E-state index contributed by atoms with van der Waals surface area (Å²) in [7, 11) is 1.56. The molecule has 1 heterocycles. The van der Waals surface area contributed by atoms with E-state index in [2.05, 4.69) is 29.4 Å². The largest absolute Gasteiger partial charge is 0.496 e. The minimum Gasteiger partial charge on any atom is -0.496 e. The molecule has 1 aliphatic heterocycles. The summed E-state index contributed by atoms with van der Waals surface area (Å²) in [6.07, 6.45) is 3.82. The van der Waals surface area contributed by atoms with Crippen LogP contribution in [0.25, 0.3) is 5.70 Å². The number of benzene rings is 2. The number of nitrogens with zero attached hydrogens (tertiary/aromatic N) is 1. The molecule has 0 aromatic heterocycles. The van der Waals surface area contributed by atoms with Crippen molar-refractivity contribution in [1.82, 2.24) is 4.90 Å². The molecule has 27 heavy (non-hydrogen) atoms. The van der Waals surface area contributed by atoms with Gasteiger partial charge in [0.25, 0.3) is 0 Å². The van der Waals surface area contributed by atoms with E-state index in [1.165, 1.54) is 0 Å². The first-order valence-corrected chi connectivity index (χ1v) is 10.2. The van der Waals surface area contributed by atoms with Gasteiger partial charge in [-0.2, -0.15) is 0 Å². The second-order valence-electron chi connectivity index (χ2n) is 6.18. The third-order valence-electron chi connectivity index (χ3n) is 4.33. The molecular formula is C22H22ClNO2S. The fourth-order valence-corrected chi connectivity index (χ4v) is 4.08. The van der Waals surface area contributed by atoms with Gasteiger partial charge in [-0.05, 0) is 30.2 Å². The summed E-state index contributed by atoms with van der Waals surface area (Å²) in [5.41, 5.74) is 2.75. The van der Waals surface area contributed by atoms with E-state index in [4.69, 9.17) is 16.3 Å². The van der Waals surface area contributed by atoms with Gasteiger partial charge in [0, 0.05) is 23.1 Å². The van der Waals surface area contributed by atoms with Gasteiger partial charge < -0.3 is 9.64 Å². The van der Waals surface area contributed by atoms with Crippen molar-refractivity contribution < 1.29 is 9.53 Å². The third-order valence-corrected chi connectivity index (χ3v) is 5.49. The first-order valence-electron chi connectivity index (χ1n) is 8.93. The van der Waals surface area contributed by atoms with Gasteiger partial charge in [-0.1, -0.05) is 67.0 Å². The zero-order valence-electron chi connectivity index (χ0n) is 15.4. The van der Waals surface area contributed by atoms with Gasteiger partial charge in [-0.15, -0.1) is 0 Å². The summed E-state index contributed by atoms with van der Waals surface area (Å²) in [6.45, 7) is 3.04. The lowest BCUT2D eigenvalue weighted by Crippen LogP contribution is -2.19. The molecule has 0 saturated carbocycles. The van der Waals surface area contributed by atoms with Crippen LogP contribution in [0, 0.1) is 0 Å². The van der Waals surface area contributed by atoms with Crippen molar-refractivity contribution in [2.24, 2.45) is 0 Å². The highest BCUT2D eigenvalue weighted by molar-refractivity contribution is 8.06. The van der Waals surface area contributed by atoms with Crippen LogP contribution in [0.5, 0.6) is 5.75 Å². The molecule has 2 aromatic carbocycles. The summed E-state index contributed by atoms with van der Waals surface area (Å²) in [5, 5.41) is 3.55. The highest BCUT2D eigenvalue weighted by atomic mass is 35.5. The average molecular weight is 400 g/mol. The molecule has 0 amide bonds. The van der Waals surface area contributed by atoms with Gasteiger partial charge in [-0.25, -0.2) is 0 Å². The fraction of sp³-hybridized carbons (Fsp3) is 0.227. The van der Waals surface area contributed by atoms with Gasteiger partial charge >= 0.3 is 0 Å². The van der Waals surface area contributed by atoms with Crippen molar-refractivity contribution in [2.75, 3.05) is 13.7 Å². The number of methoxy groups -OCH3 is 1. The predicted octanol–water partition coefficient (Wildman–Crippen LogP) is 6.22. The Balaban J connectivity index is 1.91. The molecule has 1 aliphatic rings. The number of carbonyl (C=O) groups is 1. The Hall–Kier alpha value is -2.17. The quantitative estimate of drug-likeness (QED) is 0.408. The maximum absolute atomic E-state index is 12.9. The van der Waals surface area contributed by atoms with Gasteiger partial charge in [0.2, 0.25) is 0 Å². The standard InChI is InChI=1S/C22H22ClNO2S/c1-3-4-12-24-19(16-8-6-5-7-9-16)15-27-22(24)14-20(25)18-13-17(23)10-11-21(18)26-2/h5-11,13-15H,3-4,12H2,1-2H3. The Labute approximate surface area is 169 Å². The van der Waals surface area contributed by atoms with E-state index in [1.54, 1.807) is 43.1 Å². The van der Waals surface area contributed by atoms with Crippen molar-refractivity contribution >= 4 is 34.8 Å². The highest BCUT2D eigenvalue weighted by Crippen LogP contribution is 2.40. The zero-order valence-corrected chi connectivity index (χ0v) is 17.0. The van der Waals surface area contributed by atoms with Crippen molar-refractivity contribution in [3.05, 3.63) is 81.2 Å². The number of rotatable bonds is 7. The van der Waals surface area contributed by atoms with Gasteiger partial charge in [0.1, 0.15) is 5.75 Å². The lowest BCUT2D eigenvalue weighted by molar-refractivity contribution is 0.104. The number of allylic oxidation sites excluding steroid dienone is 1. The van der Waals surface area contributed by atoms with Crippen LogP contribution >= 0.6 is 23.4 Å². The van der Waals surface area contributed by atoms with Crippen LogP contribution in [0.3, 0.4) is 0 Å². The van der Waals surface area contributed by atoms with Crippen LogP contribution in [-0.4, -0.2) is 24.3 Å². The topological polar surface area (TPSA) is 29.5 Å². The average Bonchev–Trinajstić information content (AvgIpc) is 3.09. The van der Waals surface area contributed by atoms with E-state index in [0.717, 1.165) is 35.7 Å². The number of halogens is 1. The number of thioether (sulfide) groups is 1. The van der Waals surface area contributed by atoms with E-state index in [1.807, 2.05) is 18.2 Å². The molecule has 0 radical (unpaired) electrons. The number of hydrogen-bond donors (Lipinski definition) is 0. The third kappa shape index (κ3) is 4.57. The summed E-state index contributed by atoms with van der Waals surface area (Å²) in [6, 6.07) is 15.3. The fourth-order valence-electron chi connectivity index (χ4n) is 2.92.